The number of unbranched alkanes of at least 4 members (excludes halogenated alkanes) is 1. The lowest BCUT2D eigenvalue weighted by Gasteiger charge is -2.35. The minimum Gasteiger partial charge on any atom is -0.346 e. The fourth-order valence-corrected chi connectivity index (χ4v) is 5.05. The molecule has 5 nitrogen and oxygen atoms in total. The molecular weight excluding hydrogens is 402 g/mol. The molecule has 1 N–H and O–H groups in total. The van der Waals surface area contributed by atoms with Gasteiger partial charge in [0.05, 0.1) is 4.90 Å². The molecule has 7 heteroatoms. The topological polar surface area (TPSA) is 52.6 Å². The van der Waals surface area contributed by atoms with Gasteiger partial charge in [0.15, 0.2) is 5.11 Å². The molecule has 29 heavy (non-hydrogen) atoms. The van der Waals surface area contributed by atoms with E-state index in [1.165, 1.54) is 18.4 Å². The first-order chi connectivity index (χ1) is 13.9. The van der Waals surface area contributed by atoms with Crippen molar-refractivity contribution in [2.24, 2.45) is 0 Å². The number of sulfonamides is 1. The lowest BCUT2D eigenvalue weighted by molar-refractivity contribution is 0.268. The van der Waals surface area contributed by atoms with Crippen LogP contribution in [0, 0.1) is 6.92 Å². The zero-order chi connectivity index (χ0) is 20.9. The monoisotopic (exact) mass is 431 g/mol. The van der Waals surface area contributed by atoms with Crippen molar-refractivity contribution >= 4 is 33.0 Å². The van der Waals surface area contributed by atoms with Gasteiger partial charge in [-0.05, 0) is 61.8 Å². The fourth-order valence-electron chi connectivity index (χ4n) is 3.33. The molecule has 0 unspecified atom stereocenters. The summed E-state index contributed by atoms with van der Waals surface area (Å²) < 4.78 is 27.2. The molecule has 0 saturated carbocycles. The molecule has 1 saturated heterocycles. The molecule has 3 rings (SSSR count). The first-order valence-electron chi connectivity index (χ1n) is 10.1. The first kappa shape index (κ1) is 21.7. The third kappa shape index (κ3) is 5.56. The van der Waals surface area contributed by atoms with E-state index >= 15 is 0 Å². The highest BCUT2D eigenvalue weighted by Gasteiger charge is 2.29. The first-order valence-corrected chi connectivity index (χ1v) is 12.0. The van der Waals surface area contributed by atoms with E-state index in [9.17, 15) is 8.42 Å². The van der Waals surface area contributed by atoms with Crippen molar-refractivity contribution in [2.75, 3.05) is 31.5 Å². The Bertz CT molecular complexity index is 918. The Kier molecular flexibility index (Phi) is 7.27. The Morgan fingerprint density at radius 3 is 2.21 bits per heavy atom. The van der Waals surface area contributed by atoms with Crippen LogP contribution in [0.25, 0.3) is 0 Å². The maximum atomic E-state index is 12.8. The molecule has 0 bridgehead atoms. The molecule has 1 aliphatic rings. The maximum Gasteiger partial charge on any atom is 0.243 e. The quantitative estimate of drug-likeness (QED) is 0.700. The molecule has 2 aromatic carbocycles. The van der Waals surface area contributed by atoms with E-state index in [0.717, 1.165) is 17.7 Å². The van der Waals surface area contributed by atoms with E-state index < -0.39 is 10.0 Å². The third-order valence-electron chi connectivity index (χ3n) is 5.21. The van der Waals surface area contributed by atoms with Crippen LogP contribution in [0.1, 0.15) is 30.9 Å². The van der Waals surface area contributed by atoms with Gasteiger partial charge in [0, 0.05) is 31.9 Å². The van der Waals surface area contributed by atoms with Gasteiger partial charge in [-0.15, -0.1) is 0 Å². The van der Waals surface area contributed by atoms with E-state index in [-0.39, 0.29) is 0 Å². The SMILES string of the molecule is CCCCc1ccc(NC(=S)N2CCN(S(=O)(=O)c3ccc(C)cc3)CC2)cc1. The van der Waals surface area contributed by atoms with Gasteiger partial charge in [-0.2, -0.15) is 4.31 Å². The Hall–Kier alpha value is -1.96. The van der Waals surface area contributed by atoms with Crippen LogP contribution in [-0.2, 0) is 16.4 Å². The highest BCUT2D eigenvalue weighted by Crippen LogP contribution is 2.19. The van der Waals surface area contributed by atoms with Crippen LogP contribution in [0.15, 0.2) is 53.4 Å². The average Bonchev–Trinajstić information content (AvgIpc) is 2.73. The van der Waals surface area contributed by atoms with E-state index in [2.05, 4.69) is 36.5 Å². The molecule has 1 fully saturated rings. The molecule has 156 valence electrons. The number of hydrogen-bond donors (Lipinski definition) is 1. The zero-order valence-corrected chi connectivity index (χ0v) is 18.7. The van der Waals surface area contributed by atoms with Gasteiger partial charge >= 0.3 is 0 Å². The molecule has 0 aliphatic carbocycles. The summed E-state index contributed by atoms with van der Waals surface area (Å²) in [6, 6.07) is 15.4. The molecule has 0 radical (unpaired) electrons. The maximum absolute atomic E-state index is 12.8. The van der Waals surface area contributed by atoms with Crippen molar-refractivity contribution in [1.82, 2.24) is 9.21 Å². The molecule has 0 amide bonds. The van der Waals surface area contributed by atoms with Gasteiger partial charge < -0.3 is 10.2 Å². The number of thiocarbonyl (C=S) groups is 1. The van der Waals surface area contributed by atoms with E-state index in [4.69, 9.17) is 12.2 Å². The number of benzene rings is 2. The number of aryl methyl sites for hydroxylation is 2. The molecule has 0 spiro atoms. The summed E-state index contributed by atoms with van der Waals surface area (Å²) in [4.78, 5) is 2.38. The molecular formula is C22H29N3O2S2. The van der Waals surface area contributed by atoms with Crippen molar-refractivity contribution in [3.8, 4) is 0 Å². The van der Waals surface area contributed by atoms with Gasteiger partial charge in [0.1, 0.15) is 0 Å². The van der Waals surface area contributed by atoms with Crippen molar-refractivity contribution in [2.45, 2.75) is 38.0 Å². The van der Waals surface area contributed by atoms with E-state index in [1.807, 2.05) is 24.0 Å². The molecule has 1 aliphatic heterocycles. The summed E-state index contributed by atoms with van der Waals surface area (Å²) in [5, 5.41) is 3.91. The standard InChI is InChI=1S/C22H29N3O2S2/c1-3-4-5-19-8-10-20(11-9-19)23-22(28)24-14-16-25(17-15-24)29(26,27)21-12-6-18(2)7-13-21/h6-13H,3-5,14-17H2,1-2H3,(H,23,28). The van der Waals surface area contributed by atoms with Gasteiger partial charge in [-0.25, -0.2) is 8.42 Å². The second-order valence-corrected chi connectivity index (χ2v) is 9.76. The number of piperazine rings is 1. The van der Waals surface area contributed by atoms with Crippen LogP contribution in [0.5, 0.6) is 0 Å². The summed E-state index contributed by atoms with van der Waals surface area (Å²) in [5.41, 5.74) is 3.34. The predicted octanol–water partition coefficient (Wildman–Crippen LogP) is 4.04. The molecule has 0 aromatic heterocycles. The van der Waals surface area contributed by atoms with Gasteiger partial charge in [-0.3, -0.25) is 0 Å². The predicted molar refractivity (Wildman–Crippen MR) is 123 cm³/mol. The largest absolute Gasteiger partial charge is 0.346 e. The minimum absolute atomic E-state index is 0.348. The lowest BCUT2D eigenvalue weighted by Crippen LogP contribution is -2.51. The normalized spacial score (nSPS) is 15.3. The van der Waals surface area contributed by atoms with Crippen LogP contribution < -0.4 is 5.32 Å². The Morgan fingerprint density at radius 2 is 1.62 bits per heavy atom. The summed E-state index contributed by atoms with van der Waals surface area (Å²) in [7, 11) is -3.46. The van der Waals surface area contributed by atoms with Crippen molar-refractivity contribution in [3.63, 3.8) is 0 Å². The second kappa shape index (κ2) is 9.69. The average molecular weight is 432 g/mol. The van der Waals surface area contributed by atoms with Crippen molar-refractivity contribution in [1.29, 1.82) is 0 Å². The van der Waals surface area contributed by atoms with Crippen molar-refractivity contribution in [3.05, 3.63) is 59.7 Å². The van der Waals surface area contributed by atoms with E-state index in [0.29, 0.717) is 36.2 Å². The number of hydrogen-bond acceptors (Lipinski definition) is 3. The highest BCUT2D eigenvalue weighted by molar-refractivity contribution is 7.89. The fraction of sp³-hybridized carbons (Fsp3) is 0.409. The van der Waals surface area contributed by atoms with Gasteiger partial charge in [-0.1, -0.05) is 43.2 Å². The Balaban J connectivity index is 1.54. The van der Waals surface area contributed by atoms with Crippen LogP contribution in [0.3, 0.4) is 0 Å². The van der Waals surface area contributed by atoms with Crippen LogP contribution in [-0.4, -0.2) is 48.9 Å². The Morgan fingerprint density at radius 1 is 1.00 bits per heavy atom. The number of nitrogens with zero attached hydrogens (tertiary/aromatic N) is 2. The van der Waals surface area contributed by atoms with Crippen LogP contribution in [0.2, 0.25) is 0 Å². The number of rotatable bonds is 6. The third-order valence-corrected chi connectivity index (χ3v) is 7.48. The van der Waals surface area contributed by atoms with E-state index in [1.54, 1.807) is 16.4 Å². The molecule has 2 aromatic rings. The minimum atomic E-state index is -3.46. The second-order valence-electron chi connectivity index (χ2n) is 7.43. The lowest BCUT2D eigenvalue weighted by atomic mass is 10.1. The van der Waals surface area contributed by atoms with Gasteiger partial charge in [0.2, 0.25) is 10.0 Å². The summed E-state index contributed by atoms with van der Waals surface area (Å²) in [6.45, 7) is 6.14. The summed E-state index contributed by atoms with van der Waals surface area (Å²) in [6.07, 6.45) is 3.48. The summed E-state index contributed by atoms with van der Waals surface area (Å²) in [5.74, 6) is 0. The Labute approximate surface area is 179 Å². The highest BCUT2D eigenvalue weighted by atomic mass is 32.2. The van der Waals surface area contributed by atoms with Gasteiger partial charge in [0.25, 0.3) is 0 Å². The molecule has 1 heterocycles. The van der Waals surface area contributed by atoms with Crippen LogP contribution in [0.4, 0.5) is 5.69 Å². The zero-order valence-electron chi connectivity index (χ0n) is 17.1. The number of nitrogens with one attached hydrogen (secondary N) is 1. The summed E-state index contributed by atoms with van der Waals surface area (Å²) >= 11 is 5.55. The molecule has 0 atom stereocenters. The number of anilines is 1. The van der Waals surface area contributed by atoms with Crippen LogP contribution >= 0.6 is 12.2 Å². The van der Waals surface area contributed by atoms with Crippen molar-refractivity contribution < 1.29 is 8.42 Å². The smallest absolute Gasteiger partial charge is 0.243 e.